The van der Waals surface area contributed by atoms with E-state index in [1.807, 2.05) is 0 Å². The molecule has 1 fully saturated rings. The van der Waals surface area contributed by atoms with Crippen molar-refractivity contribution in [3.05, 3.63) is 17.5 Å². The Hall–Kier alpha value is -1.77. The molecule has 0 spiro atoms. The normalized spacial score (nSPS) is 22.5. The first-order valence-corrected chi connectivity index (χ1v) is 8.89. The fraction of sp³-hybridized carbons (Fsp3) is 0.706. The molecule has 2 aliphatic carbocycles. The molecular formula is C17H22F4N4O. The molecule has 144 valence electrons. The summed E-state index contributed by atoms with van der Waals surface area (Å²) in [5.41, 5.74) is 0.218. The van der Waals surface area contributed by atoms with Crippen molar-refractivity contribution in [2.75, 3.05) is 5.32 Å². The summed E-state index contributed by atoms with van der Waals surface area (Å²) in [5.74, 6) is -1.57. The van der Waals surface area contributed by atoms with Crippen LogP contribution in [0.3, 0.4) is 0 Å². The van der Waals surface area contributed by atoms with Crippen molar-refractivity contribution in [1.29, 1.82) is 0 Å². The molecule has 1 heterocycles. The van der Waals surface area contributed by atoms with E-state index in [4.69, 9.17) is 0 Å². The Labute approximate surface area is 149 Å². The first-order chi connectivity index (χ1) is 12.2. The van der Waals surface area contributed by atoms with Crippen molar-refractivity contribution in [1.82, 2.24) is 15.0 Å². The molecule has 0 aliphatic heterocycles. The van der Waals surface area contributed by atoms with Crippen LogP contribution in [0.25, 0.3) is 5.57 Å². The second-order valence-electron chi connectivity index (χ2n) is 7.03. The number of halogens is 4. The van der Waals surface area contributed by atoms with E-state index in [2.05, 4.69) is 20.3 Å². The lowest BCUT2D eigenvalue weighted by Crippen LogP contribution is -2.21. The fourth-order valence-corrected chi connectivity index (χ4v) is 2.79. The molecule has 2 atom stereocenters. The smallest absolute Gasteiger partial charge is 0.386 e. The first-order valence-electron chi connectivity index (χ1n) is 8.89. The van der Waals surface area contributed by atoms with E-state index >= 15 is 0 Å². The van der Waals surface area contributed by atoms with Crippen molar-refractivity contribution in [2.24, 2.45) is 5.92 Å². The van der Waals surface area contributed by atoms with Crippen LogP contribution in [-0.4, -0.2) is 38.4 Å². The quantitative estimate of drug-likeness (QED) is 0.741. The summed E-state index contributed by atoms with van der Waals surface area (Å²) in [7, 11) is 0. The third-order valence-corrected chi connectivity index (χ3v) is 4.71. The number of allylic oxidation sites excluding steroid dienone is 1. The van der Waals surface area contributed by atoms with Gasteiger partial charge in [0, 0.05) is 18.0 Å². The lowest BCUT2D eigenvalue weighted by Gasteiger charge is -2.19. The van der Waals surface area contributed by atoms with E-state index < -0.39 is 24.0 Å². The van der Waals surface area contributed by atoms with Crippen LogP contribution in [0.4, 0.5) is 23.5 Å². The van der Waals surface area contributed by atoms with E-state index in [9.17, 15) is 22.7 Å². The average molecular weight is 374 g/mol. The van der Waals surface area contributed by atoms with Gasteiger partial charge in [-0.05, 0) is 38.5 Å². The van der Waals surface area contributed by atoms with E-state index in [0.29, 0.717) is 19.3 Å². The number of aliphatic hydroxyl groups excluding tert-OH is 1. The van der Waals surface area contributed by atoms with Crippen molar-refractivity contribution in [3.63, 3.8) is 0 Å². The summed E-state index contributed by atoms with van der Waals surface area (Å²) in [4.78, 5) is 12.6. The summed E-state index contributed by atoms with van der Waals surface area (Å²) >= 11 is 0. The van der Waals surface area contributed by atoms with Gasteiger partial charge >= 0.3 is 6.18 Å². The van der Waals surface area contributed by atoms with Gasteiger partial charge < -0.3 is 10.4 Å². The van der Waals surface area contributed by atoms with Crippen molar-refractivity contribution in [3.8, 4) is 0 Å². The molecule has 2 aliphatic rings. The number of alkyl halides is 3. The van der Waals surface area contributed by atoms with Crippen LogP contribution >= 0.6 is 0 Å². The minimum atomic E-state index is -4.27. The van der Waals surface area contributed by atoms with Gasteiger partial charge in [-0.2, -0.15) is 23.1 Å². The minimum absolute atomic E-state index is 0.0208. The summed E-state index contributed by atoms with van der Waals surface area (Å²) in [6.07, 6.45) is -2.32. The molecule has 1 saturated carbocycles. The van der Waals surface area contributed by atoms with Gasteiger partial charge in [0.05, 0.1) is 5.92 Å². The van der Waals surface area contributed by atoms with Crippen LogP contribution in [0.15, 0.2) is 5.83 Å². The number of anilines is 1. The number of hydrogen-bond donors (Lipinski definition) is 2. The zero-order chi connectivity index (χ0) is 18.9. The molecule has 0 aromatic carbocycles. The zero-order valence-electron chi connectivity index (χ0n) is 14.5. The molecule has 1 aromatic heterocycles. The molecule has 0 saturated heterocycles. The molecular weight excluding hydrogens is 352 g/mol. The number of aryl methyl sites for hydroxylation is 1. The highest BCUT2D eigenvalue weighted by Crippen LogP contribution is 2.33. The molecule has 0 amide bonds. The summed E-state index contributed by atoms with van der Waals surface area (Å²) in [5, 5.41) is 12.8. The third-order valence-electron chi connectivity index (χ3n) is 4.71. The molecule has 1 aromatic rings. The van der Waals surface area contributed by atoms with E-state index in [-0.39, 0.29) is 42.1 Å². The molecule has 26 heavy (non-hydrogen) atoms. The first kappa shape index (κ1) is 19.0. The highest BCUT2D eigenvalue weighted by Gasteiger charge is 2.35. The second-order valence-corrected chi connectivity index (χ2v) is 7.03. The molecule has 3 rings (SSSR count). The Morgan fingerprint density at radius 3 is 2.58 bits per heavy atom. The number of hydrogen-bond acceptors (Lipinski definition) is 5. The number of aromatic nitrogens is 3. The van der Waals surface area contributed by atoms with E-state index in [0.717, 1.165) is 19.8 Å². The zero-order valence-corrected chi connectivity index (χ0v) is 14.5. The van der Waals surface area contributed by atoms with Crippen LogP contribution < -0.4 is 5.32 Å². The largest absolute Gasteiger partial charge is 0.391 e. The van der Waals surface area contributed by atoms with E-state index in [1.54, 1.807) is 0 Å². The van der Waals surface area contributed by atoms with E-state index in [1.165, 1.54) is 0 Å². The van der Waals surface area contributed by atoms with Gasteiger partial charge in [-0.15, -0.1) is 0 Å². The monoisotopic (exact) mass is 374 g/mol. The standard InChI is InChI=1S/C17H22F4N4O/c1-9(17(19,20)21)5-8-13-23-15(11-3-2-4-12(26)14(11)18)25-16(24-13)22-10-6-7-10/h9-10,12,26H,2-8H2,1H3,(H,22,23,24,25)/t9-,12?/m0/s1. The molecule has 9 heteroatoms. The maximum atomic E-state index is 14.3. The number of nitrogens with one attached hydrogen (secondary N) is 1. The van der Waals surface area contributed by atoms with Crippen molar-refractivity contribution >= 4 is 11.5 Å². The number of rotatable bonds is 6. The predicted octanol–water partition coefficient (Wildman–Crippen LogP) is 3.80. The maximum absolute atomic E-state index is 14.3. The van der Waals surface area contributed by atoms with Gasteiger partial charge in [0.2, 0.25) is 5.95 Å². The Morgan fingerprint density at radius 1 is 1.19 bits per heavy atom. The Bertz CT molecular complexity index is 688. The van der Waals surface area contributed by atoms with Gasteiger partial charge in [0.15, 0.2) is 5.82 Å². The topological polar surface area (TPSA) is 70.9 Å². The van der Waals surface area contributed by atoms with Gasteiger partial charge in [-0.3, -0.25) is 0 Å². The Kier molecular flexibility index (Phi) is 5.45. The predicted molar refractivity (Wildman–Crippen MR) is 87.9 cm³/mol. The van der Waals surface area contributed by atoms with Gasteiger partial charge in [-0.1, -0.05) is 6.92 Å². The highest BCUT2D eigenvalue weighted by molar-refractivity contribution is 5.64. The van der Waals surface area contributed by atoms with Crippen molar-refractivity contribution < 1.29 is 22.7 Å². The molecule has 5 nitrogen and oxygen atoms in total. The van der Waals surface area contributed by atoms with Crippen LogP contribution in [-0.2, 0) is 6.42 Å². The van der Waals surface area contributed by atoms with Gasteiger partial charge in [0.1, 0.15) is 17.8 Å². The number of aliphatic hydroxyl groups is 1. The molecule has 1 unspecified atom stereocenters. The van der Waals surface area contributed by atoms with Crippen LogP contribution in [0, 0.1) is 5.92 Å². The fourth-order valence-electron chi connectivity index (χ4n) is 2.79. The lowest BCUT2D eigenvalue weighted by molar-refractivity contribution is -0.171. The summed E-state index contributed by atoms with van der Waals surface area (Å²) in [6, 6.07) is 0.239. The van der Waals surface area contributed by atoms with Crippen LogP contribution in [0.2, 0.25) is 0 Å². The third kappa shape index (κ3) is 4.69. The SMILES string of the molecule is C[C@@H](CCc1nc(NC2CC2)nc(C2=C(F)C(O)CCC2)n1)C(F)(F)F. The Morgan fingerprint density at radius 2 is 1.92 bits per heavy atom. The number of nitrogens with zero attached hydrogens (tertiary/aromatic N) is 3. The Balaban J connectivity index is 1.85. The maximum Gasteiger partial charge on any atom is 0.391 e. The van der Waals surface area contributed by atoms with Crippen molar-refractivity contribution in [2.45, 2.75) is 70.2 Å². The minimum Gasteiger partial charge on any atom is -0.386 e. The summed E-state index contributed by atoms with van der Waals surface area (Å²) in [6.45, 7) is 1.12. The average Bonchev–Trinajstić information content (AvgIpc) is 3.38. The van der Waals surface area contributed by atoms with Crippen LogP contribution in [0.5, 0.6) is 0 Å². The lowest BCUT2D eigenvalue weighted by atomic mass is 9.95. The second kappa shape index (κ2) is 7.46. The molecule has 0 radical (unpaired) electrons. The van der Waals surface area contributed by atoms with Gasteiger partial charge in [0.25, 0.3) is 0 Å². The molecule has 2 N–H and O–H groups in total. The highest BCUT2D eigenvalue weighted by atomic mass is 19.4. The van der Waals surface area contributed by atoms with Crippen LogP contribution in [0.1, 0.15) is 57.1 Å². The van der Waals surface area contributed by atoms with Gasteiger partial charge in [-0.25, -0.2) is 9.37 Å². The summed E-state index contributed by atoms with van der Waals surface area (Å²) < 4.78 is 52.5. The molecule has 0 bridgehead atoms.